The van der Waals surface area contributed by atoms with Gasteiger partial charge in [-0.25, -0.2) is 0 Å². The van der Waals surface area contributed by atoms with E-state index in [1.165, 1.54) is 24.8 Å². The van der Waals surface area contributed by atoms with E-state index in [1.807, 2.05) is 6.07 Å². The highest BCUT2D eigenvalue weighted by molar-refractivity contribution is 5.48. The quantitative estimate of drug-likeness (QED) is 0.800. The second kappa shape index (κ2) is 8.36. The van der Waals surface area contributed by atoms with Gasteiger partial charge in [-0.2, -0.15) is 0 Å². The van der Waals surface area contributed by atoms with Crippen LogP contribution in [0.3, 0.4) is 0 Å². The van der Waals surface area contributed by atoms with Crippen LogP contribution in [-0.2, 0) is 13.0 Å². The van der Waals surface area contributed by atoms with Gasteiger partial charge in [0, 0.05) is 30.6 Å². The minimum atomic E-state index is 0.246. The average Bonchev–Trinajstić information content (AvgIpc) is 3.33. The highest BCUT2D eigenvalue weighted by Gasteiger charge is 2.25. The van der Waals surface area contributed by atoms with Crippen LogP contribution < -0.4 is 14.8 Å². The molecule has 2 aromatic rings. The predicted molar refractivity (Wildman–Crippen MR) is 105 cm³/mol. The van der Waals surface area contributed by atoms with Crippen LogP contribution in [0.4, 0.5) is 0 Å². The van der Waals surface area contributed by atoms with Gasteiger partial charge in [0.15, 0.2) is 0 Å². The first-order chi connectivity index (χ1) is 13.2. The molecule has 2 unspecified atom stereocenters. The van der Waals surface area contributed by atoms with Crippen molar-refractivity contribution in [3.63, 3.8) is 0 Å². The van der Waals surface area contributed by atoms with Gasteiger partial charge in [-0.05, 0) is 57.1 Å². The van der Waals surface area contributed by atoms with Crippen molar-refractivity contribution in [2.45, 2.75) is 51.3 Å². The van der Waals surface area contributed by atoms with Crippen LogP contribution in [0.25, 0.3) is 0 Å². The maximum atomic E-state index is 5.92. The number of nitrogens with one attached hydrogen (secondary N) is 1. The highest BCUT2D eigenvalue weighted by atomic mass is 16.5. The fourth-order valence-electron chi connectivity index (χ4n) is 4.27. The van der Waals surface area contributed by atoms with Gasteiger partial charge in [0.2, 0.25) is 0 Å². The summed E-state index contributed by atoms with van der Waals surface area (Å²) in [5.41, 5.74) is 2.38. The van der Waals surface area contributed by atoms with E-state index in [2.05, 4.69) is 35.3 Å². The van der Waals surface area contributed by atoms with Gasteiger partial charge in [0.05, 0.1) is 19.4 Å². The van der Waals surface area contributed by atoms with Gasteiger partial charge in [-0.3, -0.25) is 4.90 Å². The number of hydrogen-bond donors (Lipinski definition) is 1. The molecular weight excluding hydrogens is 340 g/mol. The van der Waals surface area contributed by atoms with Crippen molar-refractivity contribution in [1.29, 1.82) is 0 Å². The van der Waals surface area contributed by atoms with E-state index in [-0.39, 0.29) is 12.1 Å². The minimum absolute atomic E-state index is 0.246. The number of rotatable bonds is 7. The van der Waals surface area contributed by atoms with Crippen LogP contribution in [0.2, 0.25) is 0 Å². The smallest absolute Gasteiger partial charge is 0.123 e. The molecule has 0 spiro atoms. The first-order valence-corrected chi connectivity index (χ1v) is 10.1. The van der Waals surface area contributed by atoms with Gasteiger partial charge in [-0.1, -0.05) is 6.42 Å². The summed E-state index contributed by atoms with van der Waals surface area (Å²) in [6, 6.07) is 8.61. The number of ether oxygens (including phenoxy) is 2. The minimum Gasteiger partial charge on any atom is -0.496 e. The lowest BCUT2D eigenvalue weighted by atomic mass is 10.1. The third-order valence-corrected chi connectivity index (χ3v) is 5.66. The van der Waals surface area contributed by atoms with E-state index in [0.717, 1.165) is 55.4 Å². The summed E-state index contributed by atoms with van der Waals surface area (Å²) in [5, 5.41) is 3.63. The molecule has 5 heteroatoms. The van der Waals surface area contributed by atoms with Crippen molar-refractivity contribution in [3.8, 4) is 11.5 Å². The molecule has 1 saturated heterocycles. The van der Waals surface area contributed by atoms with Gasteiger partial charge in [-0.15, -0.1) is 0 Å². The first-order valence-electron chi connectivity index (χ1n) is 10.1. The summed E-state index contributed by atoms with van der Waals surface area (Å²) < 4.78 is 17.3. The van der Waals surface area contributed by atoms with E-state index < -0.39 is 0 Å². The molecule has 0 radical (unpaired) electrons. The molecule has 5 nitrogen and oxygen atoms in total. The summed E-state index contributed by atoms with van der Waals surface area (Å²) in [6.45, 7) is 5.99. The maximum Gasteiger partial charge on any atom is 0.123 e. The maximum absolute atomic E-state index is 5.92. The molecule has 2 aliphatic rings. The third kappa shape index (κ3) is 4.14. The Morgan fingerprint density at radius 1 is 1.26 bits per heavy atom. The van der Waals surface area contributed by atoms with Crippen molar-refractivity contribution < 1.29 is 13.9 Å². The number of piperidine rings is 1. The van der Waals surface area contributed by atoms with E-state index >= 15 is 0 Å². The predicted octanol–water partition coefficient (Wildman–Crippen LogP) is 3.93. The van der Waals surface area contributed by atoms with Crippen LogP contribution in [0.1, 0.15) is 49.1 Å². The van der Waals surface area contributed by atoms with E-state index in [9.17, 15) is 0 Å². The number of furan rings is 1. The molecule has 3 heterocycles. The van der Waals surface area contributed by atoms with E-state index in [0.29, 0.717) is 0 Å². The van der Waals surface area contributed by atoms with Crippen molar-refractivity contribution in [2.75, 3.05) is 26.7 Å². The zero-order valence-electron chi connectivity index (χ0n) is 16.4. The van der Waals surface area contributed by atoms with E-state index in [4.69, 9.17) is 13.9 Å². The zero-order chi connectivity index (χ0) is 18.6. The molecule has 1 N–H and O–H groups in total. The summed E-state index contributed by atoms with van der Waals surface area (Å²) in [6.07, 6.45) is 6.84. The Kier molecular flexibility index (Phi) is 5.69. The first kappa shape index (κ1) is 18.4. The van der Waals surface area contributed by atoms with Crippen LogP contribution in [-0.4, -0.2) is 37.7 Å². The van der Waals surface area contributed by atoms with E-state index in [1.54, 1.807) is 13.4 Å². The lowest BCUT2D eigenvalue weighted by Gasteiger charge is -2.33. The molecule has 0 aliphatic carbocycles. The Bertz CT molecular complexity index is 738. The van der Waals surface area contributed by atoms with Crippen molar-refractivity contribution >= 4 is 0 Å². The summed E-state index contributed by atoms with van der Waals surface area (Å²) in [7, 11) is 1.74. The average molecular weight is 370 g/mol. The number of hydrogen-bond acceptors (Lipinski definition) is 5. The van der Waals surface area contributed by atoms with Gasteiger partial charge >= 0.3 is 0 Å². The fourth-order valence-corrected chi connectivity index (χ4v) is 4.27. The molecule has 1 aromatic heterocycles. The number of nitrogens with zero attached hydrogens (tertiary/aromatic N) is 1. The molecule has 146 valence electrons. The lowest BCUT2D eigenvalue weighted by molar-refractivity contribution is 0.142. The fraction of sp³-hybridized carbons (Fsp3) is 0.545. The topological polar surface area (TPSA) is 46.9 Å². The summed E-state index contributed by atoms with van der Waals surface area (Å²) >= 11 is 0. The second-order valence-corrected chi connectivity index (χ2v) is 7.66. The molecule has 0 saturated carbocycles. The molecular formula is C22H30N2O3. The SMILES string of the molecule is COc1cc2c(cc1CNCC(c1ccco1)N1CCCCC1)OC(C)C2. The molecule has 1 fully saturated rings. The van der Waals surface area contributed by atoms with Crippen LogP contribution >= 0.6 is 0 Å². The largest absolute Gasteiger partial charge is 0.496 e. The van der Waals surface area contributed by atoms with Crippen molar-refractivity contribution in [3.05, 3.63) is 47.4 Å². The summed E-state index contributed by atoms with van der Waals surface area (Å²) in [5.74, 6) is 2.98. The second-order valence-electron chi connectivity index (χ2n) is 7.66. The Morgan fingerprint density at radius 2 is 2.11 bits per heavy atom. The number of methoxy groups -OCH3 is 1. The lowest BCUT2D eigenvalue weighted by Crippen LogP contribution is -2.38. The Morgan fingerprint density at radius 3 is 2.85 bits per heavy atom. The van der Waals surface area contributed by atoms with Gasteiger partial charge in [0.1, 0.15) is 23.4 Å². The van der Waals surface area contributed by atoms with Gasteiger partial charge in [0.25, 0.3) is 0 Å². The van der Waals surface area contributed by atoms with Gasteiger partial charge < -0.3 is 19.2 Å². The number of benzene rings is 1. The molecule has 1 aromatic carbocycles. The Balaban J connectivity index is 1.44. The number of fused-ring (bicyclic) bond motifs is 1. The molecule has 2 atom stereocenters. The molecule has 27 heavy (non-hydrogen) atoms. The molecule has 4 rings (SSSR count). The van der Waals surface area contributed by atoms with Crippen LogP contribution in [0.5, 0.6) is 11.5 Å². The zero-order valence-corrected chi connectivity index (χ0v) is 16.4. The normalized spacial score (nSPS) is 20.9. The molecule has 2 aliphatic heterocycles. The van der Waals surface area contributed by atoms with Crippen molar-refractivity contribution in [2.24, 2.45) is 0 Å². The van der Waals surface area contributed by atoms with Crippen molar-refractivity contribution in [1.82, 2.24) is 10.2 Å². The Hall–Kier alpha value is -1.98. The molecule has 0 bridgehead atoms. The highest BCUT2D eigenvalue weighted by Crippen LogP contribution is 2.35. The van der Waals surface area contributed by atoms with Crippen LogP contribution in [0, 0.1) is 0 Å². The summed E-state index contributed by atoms with van der Waals surface area (Å²) in [4.78, 5) is 2.54. The monoisotopic (exact) mass is 370 g/mol. The van der Waals surface area contributed by atoms with Crippen LogP contribution in [0.15, 0.2) is 34.9 Å². The third-order valence-electron chi connectivity index (χ3n) is 5.66. The number of likely N-dealkylation sites (tertiary alicyclic amines) is 1. The standard InChI is InChI=1S/C22H30N2O3/c1-16-11-17-12-21(25-2)18(13-22(17)27-16)14-23-15-19(20-7-6-10-26-20)24-8-4-3-5-9-24/h6-7,10,12-13,16,19,23H,3-5,8-9,11,14-15H2,1-2H3. The Labute approximate surface area is 161 Å². The molecule has 0 amide bonds.